The van der Waals surface area contributed by atoms with Crippen LogP contribution >= 0.6 is 12.4 Å². The highest BCUT2D eigenvalue weighted by Gasteiger charge is 2.30. The Bertz CT molecular complexity index is 763. The van der Waals surface area contributed by atoms with Crippen molar-refractivity contribution in [1.82, 2.24) is 5.32 Å². The molecule has 0 aliphatic carbocycles. The number of methoxy groups -OCH3 is 2. The molecule has 0 aromatic heterocycles. The van der Waals surface area contributed by atoms with Crippen molar-refractivity contribution in [2.24, 2.45) is 0 Å². The molecule has 2 aromatic carbocycles. The van der Waals surface area contributed by atoms with E-state index < -0.39 is 11.7 Å². The molecule has 1 N–H and O–H groups in total. The number of halogens is 4. The first kappa shape index (κ1) is 21.4. The largest absolute Gasteiger partial charge is 0.493 e. The lowest BCUT2D eigenvalue weighted by Gasteiger charge is -2.28. The summed E-state index contributed by atoms with van der Waals surface area (Å²) in [5.74, 6) is 1.41. The van der Waals surface area contributed by atoms with Crippen LogP contribution in [0.1, 0.15) is 34.7 Å². The molecule has 1 atom stereocenters. The topological polar surface area (TPSA) is 30.5 Å². The minimum atomic E-state index is -4.29. The molecular weight excluding hydrogens is 379 g/mol. The van der Waals surface area contributed by atoms with Gasteiger partial charge in [-0.05, 0) is 66.8 Å². The third-order valence-corrected chi connectivity index (χ3v) is 4.81. The number of hydrogen-bond acceptors (Lipinski definition) is 3. The van der Waals surface area contributed by atoms with Crippen LogP contribution in [0.15, 0.2) is 36.4 Å². The Morgan fingerprint density at radius 3 is 2.26 bits per heavy atom. The summed E-state index contributed by atoms with van der Waals surface area (Å²) < 4.78 is 48.8. The van der Waals surface area contributed by atoms with Gasteiger partial charge in [-0.25, -0.2) is 0 Å². The summed E-state index contributed by atoms with van der Waals surface area (Å²) in [7, 11) is 3.23. The highest BCUT2D eigenvalue weighted by Crippen LogP contribution is 2.36. The highest BCUT2D eigenvalue weighted by atomic mass is 35.5. The van der Waals surface area contributed by atoms with Gasteiger partial charge >= 0.3 is 6.18 Å². The monoisotopic (exact) mass is 401 g/mol. The summed E-state index contributed by atoms with van der Waals surface area (Å²) in [6.45, 7) is 0.861. The molecule has 0 saturated heterocycles. The molecule has 2 aromatic rings. The van der Waals surface area contributed by atoms with Crippen LogP contribution in [0.2, 0.25) is 0 Å². The van der Waals surface area contributed by atoms with E-state index in [4.69, 9.17) is 9.47 Å². The van der Waals surface area contributed by atoms with Gasteiger partial charge in [-0.15, -0.1) is 12.4 Å². The lowest BCUT2D eigenvalue weighted by atomic mass is 9.90. The lowest BCUT2D eigenvalue weighted by molar-refractivity contribution is -0.137. The van der Waals surface area contributed by atoms with Gasteiger partial charge in [-0.1, -0.05) is 12.1 Å². The van der Waals surface area contributed by atoms with Gasteiger partial charge in [-0.3, -0.25) is 0 Å². The Hall–Kier alpha value is -1.92. The molecule has 1 heterocycles. The van der Waals surface area contributed by atoms with Crippen molar-refractivity contribution in [1.29, 1.82) is 0 Å². The number of fused-ring (bicyclic) bond motifs is 1. The average molecular weight is 402 g/mol. The van der Waals surface area contributed by atoms with E-state index in [1.165, 1.54) is 11.1 Å². The number of aryl methyl sites for hydroxylation is 1. The van der Waals surface area contributed by atoms with Crippen molar-refractivity contribution in [3.05, 3.63) is 58.7 Å². The van der Waals surface area contributed by atoms with Crippen LogP contribution in [0.5, 0.6) is 11.5 Å². The van der Waals surface area contributed by atoms with E-state index in [2.05, 4.69) is 5.32 Å². The Kier molecular flexibility index (Phi) is 7.00. The molecule has 1 aliphatic heterocycles. The number of alkyl halides is 3. The second-order valence-electron chi connectivity index (χ2n) is 6.40. The quantitative estimate of drug-likeness (QED) is 0.767. The molecule has 3 rings (SSSR count). The van der Waals surface area contributed by atoms with Gasteiger partial charge in [0.1, 0.15) is 0 Å². The zero-order valence-electron chi connectivity index (χ0n) is 15.2. The van der Waals surface area contributed by atoms with Crippen LogP contribution in [0.25, 0.3) is 0 Å². The summed E-state index contributed by atoms with van der Waals surface area (Å²) in [4.78, 5) is 0. The minimum Gasteiger partial charge on any atom is -0.493 e. The van der Waals surface area contributed by atoms with E-state index in [-0.39, 0.29) is 18.4 Å². The van der Waals surface area contributed by atoms with E-state index in [0.29, 0.717) is 12.2 Å². The summed E-state index contributed by atoms with van der Waals surface area (Å²) in [5.41, 5.74) is 2.67. The molecule has 1 aliphatic rings. The zero-order chi connectivity index (χ0) is 18.7. The van der Waals surface area contributed by atoms with Crippen molar-refractivity contribution in [2.45, 2.75) is 31.5 Å². The minimum absolute atomic E-state index is 0. The number of ether oxygens (including phenoxy) is 2. The predicted octanol–water partition coefficient (Wildman–Crippen LogP) is 4.96. The molecule has 0 spiro atoms. The summed E-state index contributed by atoms with van der Waals surface area (Å²) in [6.07, 6.45) is -1.89. The fourth-order valence-electron chi connectivity index (χ4n) is 3.40. The van der Waals surface area contributed by atoms with Gasteiger partial charge in [0.05, 0.1) is 19.8 Å². The predicted molar refractivity (Wildman–Crippen MR) is 101 cm³/mol. The van der Waals surface area contributed by atoms with Gasteiger partial charge < -0.3 is 14.8 Å². The summed E-state index contributed by atoms with van der Waals surface area (Å²) in [6, 6.07) is 9.55. The molecular formula is C20H23ClF3NO2. The van der Waals surface area contributed by atoms with Crippen LogP contribution in [0, 0.1) is 0 Å². The fraction of sp³-hybridized carbons (Fsp3) is 0.400. The van der Waals surface area contributed by atoms with Crippen LogP contribution in [-0.2, 0) is 19.0 Å². The Morgan fingerprint density at radius 1 is 1.04 bits per heavy atom. The third kappa shape index (κ3) is 4.87. The van der Waals surface area contributed by atoms with Crippen molar-refractivity contribution < 1.29 is 22.6 Å². The smallest absolute Gasteiger partial charge is 0.416 e. The number of benzene rings is 2. The first-order valence-electron chi connectivity index (χ1n) is 8.56. The Labute approximate surface area is 163 Å². The fourth-order valence-corrected chi connectivity index (χ4v) is 3.40. The maximum atomic E-state index is 12.7. The number of hydrogen-bond donors (Lipinski definition) is 1. The molecule has 27 heavy (non-hydrogen) atoms. The van der Waals surface area contributed by atoms with Crippen LogP contribution in [0.3, 0.4) is 0 Å². The van der Waals surface area contributed by atoms with Crippen molar-refractivity contribution in [2.75, 3.05) is 20.8 Å². The number of rotatable bonds is 5. The highest BCUT2D eigenvalue weighted by molar-refractivity contribution is 5.85. The second-order valence-corrected chi connectivity index (χ2v) is 6.40. The van der Waals surface area contributed by atoms with Crippen molar-refractivity contribution in [3.63, 3.8) is 0 Å². The average Bonchev–Trinajstić information content (AvgIpc) is 2.64. The zero-order valence-corrected chi connectivity index (χ0v) is 16.0. The van der Waals surface area contributed by atoms with E-state index in [1.54, 1.807) is 26.4 Å². The van der Waals surface area contributed by atoms with E-state index in [9.17, 15) is 13.2 Å². The maximum absolute atomic E-state index is 12.7. The first-order valence-corrected chi connectivity index (χ1v) is 8.56. The normalized spacial score (nSPS) is 16.3. The molecule has 0 amide bonds. The van der Waals surface area contributed by atoms with Crippen molar-refractivity contribution >= 4 is 12.4 Å². The molecule has 0 fully saturated rings. The van der Waals surface area contributed by atoms with E-state index >= 15 is 0 Å². The van der Waals surface area contributed by atoms with Gasteiger partial charge in [-0.2, -0.15) is 13.2 Å². The van der Waals surface area contributed by atoms with Crippen LogP contribution in [-0.4, -0.2) is 20.8 Å². The third-order valence-electron chi connectivity index (χ3n) is 4.81. The van der Waals surface area contributed by atoms with Gasteiger partial charge in [0.2, 0.25) is 0 Å². The standard InChI is InChI=1S/C20H22F3NO2.ClH/c1-25-18-11-14-9-10-24-17(16(14)12-19(18)26-2)8-5-13-3-6-15(7-4-13)20(21,22)23;/h3-4,6-7,11-12,17,24H,5,8-10H2,1-2H3;1H. The van der Waals surface area contributed by atoms with Gasteiger partial charge in [0.15, 0.2) is 11.5 Å². The van der Waals surface area contributed by atoms with Crippen LogP contribution in [0.4, 0.5) is 13.2 Å². The molecule has 1 unspecified atom stereocenters. The lowest BCUT2D eigenvalue weighted by Crippen LogP contribution is -2.30. The second kappa shape index (κ2) is 8.85. The molecule has 3 nitrogen and oxygen atoms in total. The summed E-state index contributed by atoms with van der Waals surface area (Å²) >= 11 is 0. The molecule has 0 bridgehead atoms. The Balaban J connectivity index is 0.00000261. The number of nitrogens with one attached hydrogen (secondary N) is 1. The first-order chi connectivity index (χ1) is 12.4. The SMILES string of the molecule is COc1cc2c(cc1OC)C(CCc1ccc(C(F)(F)F)cc1)NCC2.Cl. The van der Waals surface area contributed by atoms with Gasteiger partial charge in [0.25, 0.3) is 0 Å². The van der Waals surface area contributed by atoms with Gasteiger partial charge in [0, 0.05) is 6.04 Å². The van der Waals surface area contributed by atoms with Crippen LogP contribution < -0.4 is 14.8 Å². The molecule has 148 valence electrons. The van der Waals surface area contributed by atoms with E-state index in [1.807, 2.05) is 12.1 Å². The Morgan fingerprint density at radius 2 is 1.67 bits per heavy atom. The maximum Gasteiger partial charge on any atom is 0.416 e. The summed E-state index contributed by atoms with van der Waals surface area (Å²) in [5, 5.41) is 3.49. The molecule has 0 radical (unpaired) electrons. The van der Waals surface area contributed by atoms with E-state index in [0.717, 1.165) is 42.8 Å². The molecule has 0 saturated carbocycles. The van der Waals surface area contributed by atoms with Crippen molar-refractivity contribution in [3.8, 4) is 11.5 Å². The molecule has 7 heteroatoms.